The number of ether oxygens (including phenoxy) is 4. The van der Waals surface area contributed by atoms with E-state index in [4.69, 9.17) is 18.9 Å². The molecule has 0 amide bonds. The number of rotatable bonds is 13. The van der Waals surface area contributed by atoms with Crippen molar-refractivity contribution in [1.82, 2.24) is 10.6 Å². The van der Waals surface area contributed by atoms with Crippen LogP contribution in [0.15, 0.2) is 93.6 Å². The molecular formula is C36H38N4O12. The molecule has 0 spiro atoms. The lowest BCUT2D eigenvalue weighted by molar-refractivity contribution is -0.385. The summed E-state index contributed by atoms with van der Waals surface area (Å²) in [6.07, 6.45) is 0.452. The molecule has 0 saturated carbocycles. The third-order valence-electron chi connectivity index (χ3n) is 8.67. The Bertz CT molecular complexity index is 1820. The summed E-state index contributed by atoms with van der Waals surface area (Å²) in [5.41, 5.74) is 1.02. The third-order valence-corrected chi connectivity index (χ3v) is 8.67. The fourth-order valence-electron chi connectivity index (χ4n) is 6.40. The summed E-state index contributed by atoms with van der Waals surface area (Å²) >= 11 is 0. The number of nitro benzene ring substituents is 2. The van der Waals surface area contributed by atoms with Gasteiger partial charge in [0.25, 0.3) is 11.4 Å². The number of hydrogen-bond donors (Lipinski definition) is 2. The molecule has 52 heavy (non-hydrogen) atoms. The van der Waals surface area contributed by atoms with Gasteiger partial charge in [-0.25, -0.2) is 19.2 Å². The van der Waals surface area contributed by atoms with Crippen molar-refractivity contribution in [3.8, 4) is 0 Å². The molecule has 0 bridgehead atoms. The highest BCUT2D eigenvalue weighted by Crippen LogP contribution is 2.44. The van der Waals surface area contributed by atoms with Gasteiger partial charge in [-0.05, 0) is 40.5 Å². The zero-order chi connectivity index (χ0) is 38.3. The first-order valence-corrected chi connectivity index (χ1v) is 16.1. The highest BCUT2D eigenvalue weighted by Gasteiger charge is 2.42. The van der Waals surface area contributed by atoms with Gasteiger partial charge in [0.05, 0.1) is 71.4 Å². The Morgan fingerprint density at radius 3 is 1.19 bits per heavy atom. The molecule has 0 aromatic heterocycles. The van der Waals surface area contributed by atoms with Crippen LogP contribution >= 0.6 is 0 Å². The maximum Gasteiger partial charge on any atom is 0.336 e. The molecule has 2 atom stereocenters. The minimum Gasteiger partial charge on any atom is -0.466 e. The number of nitrogens with one attached hydrogen (secondary N) is 2. The van der Waals surface area contributed by atoms with Crippen LogP contribution < -0.4 is 10.6 Å². The number of hydrogen-bond acceptors (Lipinski definition) is 14. The van der Waals surface area contributed by atoms with E-state index in [-0.39, 0.29) is 70.8 Å². The number of para-hydroxylation sites is 2. The Balaban J connectivity index is 1.48. The highest BCUT2D eigenvalue weighted by molar-refractivity contribution is 6.01. The number of benzene rings is 2. The van der Waals surface area contributed by atoms with Crippen LogP contribution in [0.3, 0.4) is 0 Å². The second kappa shape index (κ2) is 16.6. The van der Waals surface area contributed by atoms with Crippen molar-refractivity contribution in [3.05, 3.63) is 125 Å². The maximum atomic E-state index is 13.6. The van der Waals surface area contributed by atoms with Gasteiger partial charge in [0, 0.05) is 46.0 Å². The molecule has 4 rings (SSSR count). The van der Waals surface area contributed by atoms with Crippen LogP contribution in [-0.2, 0) is 38.1 Å². The zero-order valence-corrected chi connectivity index (χ0v) is 29.4. The van der Waals surface area contributed by atoms with Crippen LogP contribution in [0.2, 0.25) is 0 Å². The molecule has 2 aliphatic heterocycles. The van der Waals surface area contributed by atoms with E-state index in [0.717, 1.165) is 0 Å². The number of carbonyl (C=O) groups excluding carboxylic acids is 4. The van der Waals surface area contributed by atoms with Crippen LogP contribution in [0.25, 0.3) is 0 Å². The largest absolute Gasteiger partial charge is 0.466 e. The van der Waals surface area contributed by atoms with Crippen LogP contribution in [0.4, 0.5) is 11.4 Å². The Labute approximate surface area is 298 Å². The van der Waals surface area contributed by atoms with Crippen molar-refractivity contribution in [2.75, 3.05) is 27.4 Å². The minimum absolute atomic E-state index is 0.00950. The number of unbranched alkanes of at least 4 members (excludes halogenated alkanes) is 1. The second-order valence-corrected chi connectivity index (χ2v) is 11.9. The number of methoxy groups -OCH3 is 2. The minimum atomic E-state index is -1.16. The number of nitrogens with zero attached hydrogens (tertiary/aromatic N) is 2. The summed E-state index contributed by atoms with van der Waals surface area (Å²) in [5.74, 6) is -5.52. The van der Waals surface area contributed by atoms with Crippen molar-refractivity contribution < 1.29 is 48.0 Å². The quantitative estimate of drug-likeness (QED) is 0.0928. The van der Waals surface area contributed by atoms with E-state index in [1.165, 1.54) is 50.6 Å². The van der Waals surface area contributed by atoms with Crippen LogP contribution in [-0.4, -0.2) is 61.2 Å². The van der Waals surface area contributed by atoms with Crippen molar-refractivity contribution in [2.45, 2.75) is 52.4 Å². The van der Waals surface area contributed by atoms with Crippen molar-refractivity contribution in [2.24, 2.45) is 0 Å². The van der Waals surface area contributed by atoms with E-state index >= 15 is 0 Å². The van der Waals surface area contributed by atoms with E-state index in [1.807, 2.05) is 0 Å². The lowest BCUT2D eigenvalue weighted by Gasteiger charge is -2.30. The molecular weight excluding hydrogens is 680 g/mol. The van der Waals surface area contributed by atoms with Gasteiger partial charge in [-0.2, -0.15) is 0 Å². The first-order valence-electron chi connectivity index (χ1n) is 16.1. The fourth-order valence-corrected chi connectivity index (χ4v) is 6.40. The van der Waals surface area contributed by atoms with Gasteiger partial charge >= 0.3 is 23.9 Å². The van der Waals surface area contributed by atoms with Gasteiger partial charge in [-0.1, -0.05) is 36.4 Å². The maximum absolute atomic E-state index is 13.6. The molecule has 274 valence electrons. The molecule has 16 heteroatoms. The summed E-state index contributed by atoms with van der Waals surface area (Å²) in [6.45, 7) is 6.10. The fraction of sp³-hybridized carbons (Fsp3) is 0.333. The van der Waals surface area contributed by atoms with E-state index in [0.29, 0.717) is 22.8 Å². The topological polar surface area (TPSA) is 216 Å². The molecule has 2 N–H and O–H groups in total. The Morgan fingerprint density at radius 1 is 0.577 bits per heavy atom. The number of dihydropyridines is 2. The van der Waals surface area contributed by atoms with E-state index in [9.17, 15) is 39.4 Å². The van der Waals surface area contributed by atoms with Gasteiger partial charge in [0.1, 0.15) is 0 Å². The summed E-state index contributed by atoms with van der Waals surface area (Å²) < 4.78 is 21.0. The Morgan fingerprint density at radius 2 is 0.885 bits per heavy atom. The van der Waals surface area contributed by atoms with Crippen LogP contribution in [0.5, 0.6) is 0 Å². The molecule has 16 nitrogen and oxygen atoms in total. The van der Waals surface area contributed by atoms with Gasteiger partial charge < -0.3 is 29.6 Å². The molecule has 2 unspecified atom stereocenters. The molecule has 2 aromatic rings. The number of allylic oxidation sites excluding steroid dienone is 4. The lowest BCUT2D eigenvalue weighted by atomic mass is 9.79. The smallest absolute Gasteiger partial charge is 0.336 e. The SMILES string of the molecule is COC(=O)C1=C(C)NC(C)=C(C(=O)OCCCCOC(=O)C2=C(C)NC(C)=C(C(=O)OC)C2c2ccccc2[N+](=O)[O-])C1c1ccccc1[N+](=O)[O-]. The molecule has 2 aliphatic rings. The lowest BCUT2D eigenvalue weighted by Crippen LogP contribution is -2.33. The normalized spacial score (nSPS) is 17.2. The zero-order valence-electron chi connectivity index (χ0n) is 29.4. The number of nitro groups is 2. The first kappa shape index (κ1) is 38.5. The molecule has 2 aromatic carbocycles. The second-order valence-electron chi connectivity index (χ2n) is 11.9. The highest BCUT2D eigenvalue weighted by atomic mass is 16.6. The number of carbonyl (C=O) groups is 4. The predicted octanol–water partition coefficient (Wildman–Crippen LogP) is 4.89. The van der Waals surface area contributed by atoms with Gasteiger partial charge in [-0.3, -0.25) is 20.2 Å². The van der Waals surface area contributed by atoms with E-state index in [1.54, 1.807) is 39.8 Å². The summed E-state index contributed by atoms with van der Waals surface area (Å²) in [7, 11) is 2.33. The van der Waals surface area contributed by atoms with E-state index < -0.39 is 45.6 Å². The number of esters is 4. The van der Waals surface area contributed by atoms with Crippen LogP contribution in [0.1, 0.15) is 63.5 Å². The summed E-state index contributed by atoms with van der Waals surface area (Å²) in [6, 6.07) is 11.6. The first-order chi connectivity index (χ1) is 24.7. The molecule has 0 saturated heterocycles. The Kier molecular flexibility index (Phi) is 12.3. The summed E-state index contributed by atoms with van der Waals surface area (Å²) in [5, 5.41) is 29.8. The monoisotopic (exact) mass is 718 g/mol. The van der Waals surface area contributed by atoms with Gasteiger partial charge in [0.2, 0.25) is 0 Å². The average molecular weight is 719 g/mol. The van der Waals surface area contributed by atoms with Gasteiger partial charge in [0.15, 0.2) is 0 Å². The van der Waals surface area contributed by atoms with Crippen LogP contribution in [0, 0.1) is 20.2 Å². The predicted molar refractivity (Wildman–Crippen MR) is 184 cm³/mol. The van der Waals surface area contributed by atoms with Crippen molar-refractivity contribution in [1.29, 1.82) is 0 Å². The average Bonchev–Trinajstić information content (AvgIpc) is 3.11. The molecule has 0 fully saturated rings. The van der Waals surface area contributed by atoms with Crippen molar-refractivity contribution >= 4 is 35.3 Å². The van der Waals surface area contributed by atoms with E-state index in [2.05, 4.69) is 10.6 Å². The third kappa shape index (κ3) is 7.85. The standard InChI is InChI=1S/C36H38N4O12/c1-19-27(33(41)49-5)31(23-13-7-9-15-25(23)39(45)46)29(21(3)37-19)35(43)51-17-11-12-18-52-36(44)30-22(4)38-20(2)28(34(42)50-6)32(30)24-14-8-10-16-26(24)40(47)48/h7-10,13-16,31-32,37-38H,11-12,17-18H2,1-6H3. The Hall–Kier alpha value is -6.32. The van der Waals surface area contributed by atoms with Gasteiger partial charge in [-0.15, -0.1) is 0 Å². The molecule has 0 radical (unpaired) electrons. The molecule has 2 heterocycles. The summed E-state index contributed by atoms with van der Waals surface area (Å²) in [4.78, 5) is 75.6. The van der Waals surface area contributed by atoms with Crippen molar-refractivity contribution in [3.63, 3.8) is 0 Å². The molecule has 0 aliphatic carbocycles.